The maximum absolute atomic E-state index is 13.1. The summed E-state index contributed by atoms with van der Waals surface area (Å²) in [5, 5.41) is 2.77. The van der Waals surface area contributed by atoms with Gasteiger partial charge < -0.3 is 9.47 Å². The Morgan fingerprint density at radius 3 is 2.42 bits per heavy atom. The number of carbonyl (C=O) groups excluding carboxylic acids is 1. The molecule has 1 saturated heterocycles. The number of carbonyl (C=O) groups is 1. The maximum atomic E-state index is 13.1. The fraction of sp³-hybridized carbons (Fsp3) is 0.200. The number of benzene rings is 3. The molecule has 4 rings (SSSR count). The first-order valence-corrected chi connectivity index (χ1v) is 11.0. The lowest BCUT2D eigenvalue weighted by molar-refractivity contribution is -0.122. The fourth-order valence-corrected chi connectivity index (χ4v) is 4.53. The molecule has 0 aliphatic carbocycles. The van der Waals surface area contributed by atoms with Crippen LogP contribution in [0, 0.1) is 0 Å². The Kier molecular flexibility index (Phi) is 6.28. The highest BCUT2D eigenvalue weighted by atomic mass is 32.2. The third-order valence-corrected chi connectivity index (χ3v) is 6.01. The van der Waals surface area contributed by atoms with Gasteiger partial charge in [0, 0.05) is 11.9 Å². The van der Waals surface area contributed by atoms with E-state index in [1.54, 1.807) is 12.0 Å². The van der Waals surface area contributed by atoms with Gasteiger partial charge >= 0.3 is 0 Å². The molecule has 5 nitrogen and oxygen atoms in total. The second-order valence-electron chi connectivity index (χ2n) is 6.88. The molecule has 6 heteroatoms. The second-order valence-corrected chi connectivity index (χ2v) is 7.89. The number of fused-ring (bicyclic) bond motifs is 1. The van der Waals surface area contributed by atoms with E-state index in [0.717, 1.165) is 33.5 Å². The summed E-state index contributed by atoms with van der Waals surface area (Å²) in [6.07, 6.45) is 1.95. The highest BCUT2D eigenvalue weighted by molar-refractivity contribution is 8.18. The van der Waals surface area contributed by atoms with Crippen molar-refractivity contribution in [1.29, 1.82) is 0 Å². The molecule has 0 aromatic heterocycles. The molecule has 0 atom stereocenters. The number of amidine groups is 1. The summed E-state index contributed by atoms with van der Waals surface area (Å²) in [4.78, 5) is 20.1. The first kappa shape index (κ1) is 21.0. The molecule has 1 aliphatic heterocycles. The highest BCUT2D eigenvalue weighted by Gasteiger charge is 2.32. The molecule has 3 aromatic rings. The normalized spacial score (nSPS) is 16.5. The van der Waals surface area contributed by atoms with Crippen molar-refractivity contribution in [2.24, 2.45) is 4.99 Å². The Morgan fingerprint density at radius 2 is 1.74 bits per heavy atom. The molecule has 0 N–H and O–H groups in total. The Hall–Kier alpha value is -3.25. The minimum Gasteiger partial charge on any atom is -0.497 e. The molecule has 0 radical (unpaired) electrons. The monoisotopic (exact) mass is 432 g/mol. The molecular weight excluding hydrogens is 408 g/mol. The van der Waals surface area contributed by atoms with E-state index in [1.807, 2.05) is 74.5 Å². The van der Waals surface area contributed by atoms with Crippen molar-refractivity contribution in [3.63, 3.8) is 0 Å². The zero-order valence-electron chi connectivity index (χ0n) is 17.8. The fourth-order valence-electron chi connectivity index (χ4n) is 3.48. The van der Waals surface area contributed by atoms with Gasteiger partial charge in [0.1, 0.15) is 11.5 Å². The van der Waals surface area contributed by atoms with Crippen molar-refractivity contribution in [2.45, 2.75) is 13.8 Å². The van der Waals surface area contributed by atoms with Gasteiger partial charge in [-0.05, 0) is 73.0 Å². The summed E-state index contributed by atoms with van der Waals surface area (Å²) in [5.74, 6) is 1.59. The lowest BCUT2D eigenvalue weighted by Crippen LogP contribution is -2.28. The molecule has 1 aliphatic rings. The van der Waals surface area contributed by atoms with Gasteiger partial charge in [-0.15, -0.1) is 0 Å². The zero-order chi connectivity index (χ0) is 21.8. The van der Waals surface area contributed by atoms with Crippen molar-refractivity contribution in [2.75, 3.05) is 20.3 Å². The van der Waals surface area contributed by atoms with Gasteiger partial charge in [-0.1, -0.05) is 30.3 Å². The molecule has 1 fully saturated rings. The largest absolute Gasteiger partial charge is 0.497 e. The van der Waals surface area contributed by atoms with Crippen LogP contribution in [-0.4, -0.2) is 36.2 Å². The number of ether oxygens (including phenoxy) is 2. The number of likely N-dealkylation sites (N-methyl/N-ethyl adjacent to an activating group) is 1. The molecule has 0 spiro atoms. The van der Waals surface area contributed by atoms with E-state index < -0.39 is 0 Å². The molecule has 0 bridgehead atoms. The van der Waals surface area contributed by atoms with E-state index >= 15 is 0 Å². The lowest BCUT2D eigenvalue weighted by Gasteiger charge is -2.12. The zero-order valence-corrected chi connectivity index (χ0v) is 18.6. The van der Waals surface area contributed by atoms with E-state index in [-0.39, 0.29) is 5.91 Å². The van der Waals surface area contributed by atoms with Gasteiger partial charge in [0.25, 0.3) is 5.91 Å². The molecule has 1 heterocycles. The van der Waals surface area contributed by atoms with Gasteiger partial charge in [-0.25, -0.2) is 4.99 Å². The summed E-state index contributed by atoms with van der Waals surface area (Å²) in [7, 11) is 1.63. The standard InChI is InChI=1S/C25H24N2O3S/c1-4-27-24(28)23(31-25(27)26-18-11-13-19(29-3)14-12-18)16-17-10-15-22(30-5-2)21-9-7-6-8-20(17)21/h6-16H,4-5H2,1-3H3/b23-16+,26-25?. The molecule has 0 unspecified atom stereocenters. The van der Waals surface area contributed by atoms with Crippen LogP contribution in [0.5, 0.6) is 11.5 Å². The minimum atomic E-state index is -0.0299. The number of rotatable bonds is 6. The number of nitrogens with zero attached hydrogens (tertiary/aromatic N) is 2. The summed E-state index contributed by atoms with van der Waals surface area (Å²) in [6, 6.07) is 19.5. The van der Waals surface area contributed by atoms with Crippen LogP contribution in [0.1, 0.15) is 19.4 Å². The van der Waals surface area contributed by atoms with Gasteiger partial charge in [-0.3, -0.25) is 9.69 Å². The third kappa shape index (κ3) is 4.30. The summed E-state index contributed by atoms with van der Waals surface area (Å²) >= 11 is 1.40. The van der Waals surface area contributed by atoms with Crippen molar-refractivity contribution < 1.29 is 14.3 Å². The quantitative estimate of drug-likeness (QED) is 0.457. The SMILES string of the molecule is CCOc1ccc(/C=C2/SC(=Nc3ccc(OC)cc3)N(CC)C2=O)c2ccccc12. The van der Waals surface area contributed by atoms with Crippen LogP contribution >= 0.6 is 11.8 Å². The average Bonchev–Trinajstić information content (AvgIpc) is 3.09. The molecule has 3 aromatic carbocycles. The van der Waals surface area contributed by atoms with Crippen LogP contribution in [0.3, 0.4) is 0 Å². The van der Waals surface area contributed by atoms with Gasteiger partial charge in [0.05, 0.1) is 24.3 Å². The predicted octanol–water partition coefficient (Wildman–Crippen LogP) is 5.87. The third-order valence-electron chi connectivity index (χ3n) is 5.01. The Bertz CT molecular complexity index is 1170. The molecule has 1 amide bonds. The van der Waals surface area contributed by atoms with Crippen LogP contribution in [0.4, 0.5) is 5.69 Å². The van der Waals surface area contributed by atoms with Gasteiger partial charge in [0.2, 0.25) is 0 Å². The summed E-state index contributed by atoms with van der Waals surface area (Å²) < 4.78 is 11.0. The molecule has 158 valence electrons. The molecular formula is C25H24N2O3S. The highest BCUT2D eigenvalue weighted by Crippen LogP contribution is 2.36. The van der Waals surface area contributed by atoms with Crippen molar-refractivity contribution in [1.82, 2.24) is 4.90 Å². The Balaban J connectivity index is 1.71. The first-order valence-electron chi connectivity index (χ1n) is 10.2. The van der Waals surface area contributed by atoms with Crippen molar-refractivity contribution >= 4 is 45.4 Å². The Morgan fingerprint density at radius 1 is 1.00 bits per heavy atom. The van der Waals surface area contributed by atoms with E-state index in [0.29, 0.717) is 23.2 Å². The number of aliphatic imine (C=N–C) groups is 1. The van der Waals surface area contributed by atoms with Crippen molar-refractivity contribution in [3.8, 4) is 11.5 Å². The number of amides is 1. The second kappa shape index (κ2) is 9.27. The van der Waals surface area contributed by atoms with Gasteiger partial charge in [0.15, 0.2) is 5.17 Å². The van der Waals surface area contributed by atoms with Crippen LogP contribution in [0.15, 0.2) is 70.6 Å². The number of thioether (sulfide) groups is 1. The number of methoxy groups -OCH3 is 1. The smallest absolute Gasteiger partial charge is 0.266 e. The molecule has 0 saturated carbocycles. The van der Waals surface area contributed by atoms with Crippen LogP contribution < -0.4 is 9.47 Å². The topological polar surface area (TPSA) is 51.1 Å². The Labute approximate surface area is 186 Å². The molecule has 31 heavy (non-hydrogen) atoms. The van der Waals surface area contributed by atoms with E-state index in [9.17, 15) is 4.79 Å². The average molecular weight is 433 g/mol. The van der Waals surface area contributed by atoms with E-state index in [4.69, 9.17) is 14.5 Å². The van der Waals surface area contributed by atoms with Crippen LogP contribution in [0.2, 0.25) is 0 Å². The van der Waals surface area contributed by atoms with Crippen molar-refractivity contribution in [3.05, 3.63) is 71.1 Å². The summed E-state index contributed by atoms with van der Waals surface area (Å²) in [6.45, 7) is 5.09. The van der Waals surface area contributed by atoms with E-state index in [1.165, 1.54) is 11.8 Å². The number of hydrogen-bond donors (Lipinski definition) is 0. The van der Waals surface area contributed by atoms with Crippen LogP contribution in [-0.2, 0) is 4.79 Å². The summed E-state index contributed by atoms with van der Waals surface area (Å²) in [5.41, 5.74) is 1.76. The lowest BCUT2D eigenvalue weighted by atomic mass is 10.0. The number of hydrogen-bond acceptors (Lipinski definition) is 5. The van der Waals surface area contributed by atoms with E-state index in [2.05, 4.69) is 6.07 Å². The minimum absolute atomic E-state index is 0.0299. The maximum Gasteiger partial charge on any atom is 0.266 e. The predicted molar refractivity (Wildman–Crippen MR) is 128 cm³/mol. The van der Waals surface area contributed by atoms with Crippen LogP contribution in [0.25, 0.3) is 16.8 Å². The first-order chi connectivity index (χ1) is 15.1. The van der Waals surface area contributed by atoms with Gasteiger partial charge in [-0.2, -0.15) is 0 Å².